The SMILES string of the molecule is [CH3][Sn]([CH3])([CH3])[CH2]CC(F)=C(F)F. The summed E-state index contributed by atoms with van der Waals surface area (Å²) >= 11 is -2.03. The van der Waals surface area contributed by atoms with Crippen LogP contribution < -0.4 is 0 Å². The van der Waals surface area contributed by atoms with E-state index in [2.05, 4.69) is 14.8 Å². The standard InChI is InChI=1S/C4H4F3.3CH3.Sn/c1-2-3(5)4(6)7;;;;/h1-2H2;3*1H3;. The fraction of sp³-hybridized carbons (Fsp3) is 0.714. The molecular weight excluding hydrogens is 260 g/mol. The van der Waals surface area contributed by atoms with Crippen molar-refractivity contribution in [2.45, 2.75) is 25.7 Å². The number of hydrogen-bond acceptors (Lipinski definition) is 0. The summed E-state index contributed by atoms with van der Waals surface area (Å²) in [6, 6.07) is 0. The zero-order chi connectivity index (χ0) is 9.07. The first-order valence-corrected chi connectivity index (χ1v) is 14.1. The maximum atomic E-state index is 12.2. The van der Waals surface area contributed by atoms with E-state index in [1.54, 1.807) is 0 Å². The molecule has 0 bridgehead atoms. The summed E-state index contributed by atoms with van der Waals surface area (Å²) in [6.07, 6.45) is -2.22. The fourth-order valence-corrected chi connectivity index (χ4v) is 3.35. The summed E-state index contributed by atoms with van der Waals surface area (Å²) in [6.45, 7) is 0. The van der Waals surface area contributed by atoms with E-state index in [1.807, 2.05) is 0 Å². The van der Waals surface area contributed by atoms with Crippen molar-refractivity contribution in [3.8, 4) is 0 Å². The fourth-order valence-electron chi connectivity index (χ4n) is 0.579. The van der Waals surface area contributed by atoms with Crippen LogP contribution in [0.1, 0.15) is 6.42 Å². The zero-order valence-electron chi connectivity index (χ0n) is 7.05. The Hall–Kier alpha value is 0.329. The van der Waals surface area contributed by atoms with Gasteiger partial charge in [-0.05, 0) is 0 Å². The molecule has 0 spiro atoms. The van der Waals surface area contributed by atoms with Crippen molar-refractivity contribution in [3.05, 3.63) is 11.9 Å². The van der Waals surface area contributed by atoms with Crippen LogP contribution in [0.3, 0.4) is 0 Å². The molecule has 0 aliphatic carbocycles. The van der Waals surface area contributed by atoms with Crippen LogP contribution in [0.5, 0.6) is 0 Å². The molecule has 0 saturated carbocycles. The third kappa shape index (κ3) is 6.72. The molecule has 0 radical (unpaired) electrons. The second kappa shape index (κ2) is 4.38. The first kappa shape index (κ1) is 11.3. The van der Waals surface area contributed by atoms with Gasteiger partial charge in [0.05, 0.1) is 0 Å². The van der Waals surface area contributed by atoms with Crippen LogP contribution in [0.15, 0.2) is 11.9 Å². The van der Waals surface area contributed by atoms with Gasteiger partial charge in [0.2, 0.25) is 0 Å². The van der Waals surface area contributed by atoms with Gasteiger partial charge in [0.1, 0.15) is 0 Å². The normalized spacial score (nSPS) is 11.5. The zero-order valence-corrected chi connectivity index (χ0v) is 9.90. The second-order valence-corrected chi connectivity index (χ2v) is 19.8. The number of halogens is 3. The second-order valence-electron chi connectivity index (χ2n) is 3.73. The van der Waals surface area contributed by atoms with Crippen LogP contribution in [0.2, 0.25) is 19.3 Å². The minimum atomic E-state index is -2.15. The predicted molar refractivity (Wildman–Crippen MR) is 43.1 cm³/mol. The Kier molecular flexibility index (Phi) is 4.51. The van der Waals surface area contributed by atoms with Crippen molar-refractivity contribution >= 4 is 18.4 Å². The van der Waals surface area contributed by atoms with Gasteiger partial charge in [-0.2, -0.15) is 0 Å². The number of rotatable bonds is 3. The van der Waals surface area contributed by atoms with Crippen molar-refractivity contribution in [3.63, 3.8) is 0 Å². The molecule has 0 unspecified atom stereocenters. The van der Waals surface area contributed by atoms with Crippen molar-refractivity contribution in [2.24, 2.45) is 0 Å². The minimum absolute atomic E-state index is 0.0675. The average molecular weight is 273 g/mol. The van der Waals surface area contributed by atoms with E-state index in [0.29, 0.717) is 4.44 Å². The molecule has 0 aromatic heterocycles. The molecule has 11 heavy (non-hydrogen) atoms. The Morgan fingerprint density at radius 1 is 1.09 bits per heavy atom. The van der Waals surface area contributed by atoms with Crippen molar-refractivity contribution < 1.29 is 13.2 Å². The Labute approximate surface area is 69.4 Å². The average Bonchev–Trinajstić information content (AvgIpc) is 1.80. The van der Waals surface area contributed by atoms with Crippen LogP contribution in [0, 0.1) is 0 Å². The van der Waals surface area contributed by atoms with Gasteiger partial charge in [0.15, 0.2) is 0 Å². The van der Waals surface area contributed by atoms with E-state index in [0.717, 1.165) is 0 Å². The van der Waals surface area contributed by atoms with Gasteiger partial charge in [-0.1, -0.05) is 0 Å². The van der Waals surface area contributed by atoms with Crippen molar-refractivity contribution in [2.75, 3.05) is 0 Å². The number of hydrogen-bond donors (Lipinski definition) is 0. The summed E-state index contributed by atoms with van der Waals surface area (Å²) < 4.78 is 35.9. The summed E-state index contributed by atoms with van der Waals surface area (Å²) in [7, 11) is 0. The van der Waals surface area contributed by atoms with E-state index in [9.17, 15) is 13.2 Å². The Balaban J connectivity index is 3.82. The summed E-state index contributed by atoms with van der Waals surface area (Å²) in [5, 5.41) is 0. The van der Waals surface area contributed by atoms with Crippen LogP contribution >= 0.6 is 0 Å². The van der Waals surface area contributed by atoms with E-state index < -0.39 is 30.3 Å². The van der Waals surface area contributed by atoms with Gasteiger partial charge < -0.3 is 0 Å². The molecular formula is C7H13F3Sn. The molecule has 4 heteroatoms. The third-order valence-electron chi connectivity index (χ3n) is 1.30. The molecule has 0 nitrogen and oxygen atoms in total. The van der Waals surface area contributed by atoms with Gasteiger partial charge in [0.25, 0.3) is 0 Å². The Bertz CT molecular complexity index is 154. The molecule has 0 rings (SSSR count). The summed E-state index contributed by atoms with van der Waals surface area (Å²) in [5.74, 6) is -1.23. The molecule has 0 aliphatic heterocycles. The van der Waals surface area contributed by atoms with Crippen molar-refractivity contribution in [1.82, 2.24) is 0 Å². The van der Waals surface area contributed by atoms with Gasteiger partial charge >= 0.3 is 69.1 Å². The molecule has 0 aromatic rings. The number of allylic oxidation sites excluding steroid dienone is 1. The topological polar surface area (TPSA) is 0 Å². The molecule has 0 aliphatic rings. The van der Waals surface area contributed by atoms with Gasteiger partial charge in [-0.25, -0.2) is 0 Å². The van der Waals surface area contributed by atoms with E-state index in [-0.39, 0.29) is 6.42 Å². The van der Waals surface area contributed by atoms with E-state index in [4.69, 9.17) is 0 Å². The third-order valence-corrected chi connectivity index (χ3v) is 6.29. The van der Waals surface area contributed by atoms with Crippen LogP contribution in [0.25, 0.3) is 0 Å². The molecule has 0 saturated heterocycles. The van der Waals surface area contributed by atoms with Gasteiger partial charge in [-0.3, -0.25) is 0 Å². The molecule has 0 aromatic carbocycles. The quantitative estimate of drug-likeness (QED) is 0.686. The molecule has 66 valence electrons. The summed E-state index contributed by atoms with van der Waals surface area (Å²) in [5.41, 5.74) is 0. The molecule has 0 heterocycles. The first-order chi connectivity index (χ1) is 4.83. The first-order valence-electron chi connectivity index (χ1n) is 3.52. The Morgan fingerprint density at radius 3 is 1.82 bits per heavy atom. The van der Waals surface area contributed by atoms with Gasteiger partial charge in [0, 0.05) is 0 Å². The van der Waals surface area contributed by atoms with Crippen LogP contribution in [-0.2, 0) is 0 Å². The molecule has 0 atom stereocenters. The Morgan fingerprint density at radius 2 is 1.55 bits per heavy atom. The monoisotopic (exact) mass is 274 g/mol. The predicted octanol–water partition coefficient (Wildman–Crippen LogP) is 3.79. The molecule has 0 amide bonds. The van der Waals surface area contributed by atoms with Crippen LogP contribution in [0.4, 0.5) is 13.2 Å². The van der Waals surface area contributed by atoms with Crippen molar-refractivity contribution in [1.29, 1.82) is 0 Å². The molecule has 0 fully saturated rings. The molecule has 0 N–H and O–H groups in total. The van der Waals surface area contributed by atoms with E-state index in [1.165, 1.54) is 0 Å². The van der Waals surface area contributed by atoms with Crippen LogP contribution in [-0.4, -0.2) is 18.4 Å². The van der Waals surface area contributed by atoms with Gasteiger partial charge in [-0.15, -0.1) is 0 Å². The maximum absolute atomic E-state index is 12.2. The summed E-state index contributed by atoms with van der Waals surface area (Å²) in [4.78, 5) is 6.29. The van der Waals surface area contributed by atoms with E-state index >= 15 is 0 Å².